The van der Waals surface area contributed by atoms with E-state index in [1.54, 1.807) is 24.3 Å². The van der Waals surface area contributed by atoms with Gasteiger partial charge in [-0.2, -0.15) is 0 Å². The second kappa shape index (κ2) is 8.93. The second-order valence-electron chi connectivity index (χ2n) is 4.12. The van der Waals surface area contributed by atoms with E-state index >= 15 is 0 Å². The fourth-order valence-corrected chi connectivity index (χ4v) is 2.26. The number of nitrogens with zero attached hydrogens (tertiary/aromatic N) is 1. The predicted octanol–water partition coefficient (Wildman–Crippen LogP) is 3.40. The highest BCUT2D eigenvalue weighted by Crippen LogP contribution is 2.28. The third kappa shape index (κ3) is 5.04. The van der Waals surface area contributed by atoms with Gasteiger partial charge in [0.15, 0.2) is 0 Å². The van der Waals surface area contributed by atoms with E-state index in [0.717, 1.165) is 13.1 Å². The van der Waals surface area contributed by atoms with E-state index in [9.17, 15) is 8.78 Å². The largest absolute Gasteiger partial charge is 0.314 e. The van der Waals surface area contributed by atoms with Crippen LogP contribution in [0, 0.1) is 0 Å². The molecule has 0 aromatic heterocycles. The average Bonchev–Trinajstić information content (AvgIpc) is 2.33. The predicted molar refractivity (Wildman–Crippen MR) is 79.1 cm³/mol. The first kappa shape index (κ1) is 18.9. The van der Waals surface area contributed by atoms with Gasteiger partial charge in [-0.3, -0.25) is 4.90 Å². The first-order chi connectivity index (χ1) is 8.18. The van der Waals surface area contributed by atoms with E-state index in [2.05, 4.69) is 5.32 Å². The first-order valence-electron chi connectivity index (χ1n) is 5.67. The van der Waals surface area contributed by atoms with Crippen LogP contribution in [0.2, 0.25) is 5.02 Å². The SMILES string of the molecule is Cl.Cl.FC(F)[C@@H](c1ccc(Cl)cc1)N1CCNCC1. The Kier molecular flexibility index (Phi) is 8.86. The van der Waals surface area contributed by atoms with Crippen LogP contribution in [0.4, 0.5) is 8.78 Å². The molecule has 1 aromatic rings. The summed E-state index contributed by atoms with van der Waals surface area (Å²) in [5, 5.41) is 3.73. The molecular formula is C12H17Cl3F2N2. The van der Waals surface area contributed by atoms with E-state index in [1.165, 1.54) is 0 Å². The zero-order valence-corrected chi connectivity index (χ0v) is 12.6. The molecule has 7 heteroatoms. The maximum absolute atomic E-state index is 13.2. The summed E-state index contributed by atoms with van der Waals surface area (Å²) in [6.07, 6.45) is -2.38. The quantitative estimate of drug-likeness (QED) is 0.912. The van der Waals surface area contributed by atoms with Crippen LogP contribution in [-0.4, -0.2) is 37.5 Å². The zero-order valence-electron chi connectivity index (χ0n) is 10.2. The monoisotopic (exact) mass is 332 g/mol. The summed E-state index contributed by atoms with van der Waals surface area (Å²) in [6.45, 7) is 2.82. The van der Waals surface area contributed by atoms with Crippen LogP contribution in [0.25, 0.3) is 0 Å². The second-order valence-corrected chi connectivity index (χ2v) is 4.55. The molecule has 1 saturated heterocycles. The van der Waals surface area contributed by atoms with Crippen molar-refractivity contribution in [1.82, 2.24) is 10.2 Å². The van der Waals surface area contributed by atoms with Gasteiger partial charge in [-0.1, -0.05) is 23.7 Å². The Balaban J connectivity index is 0.00000162. The number of nitrogens with one attached hydrogen (secondary N) is 1. The van der Waals surface area contributed by atoms with Gasteiger partial charge in [0.25, 0.3) is 6.43 Å². The van der Waals surface area contributed by atoms with Crippen molar-refractivity contribution in [3.63, 3.8) is 0 Å². The van der Waals surface area contributed by atoms with E-state index in [1.807, 2.05) is 4.90 Å². The summed E-state index contributed by atoms with van der Waals surface area (Å²) in [7, 11) is 0. The standard InChI is InChI=1S/C12H15ClF2N2.2ClH/c13-10-3-1-9(2-4-10)11(12(14)15)17-7-5-16-6-8-17;;/h1-4,11-12,16H,5-8H2;2*1H/t11-;;/m1../s1. The number of rotatable bonds is 3. The zero-order chi connectivity index (χ0) is 12.3. The number of halogens is 5. The highest BCUT2D eigenvalue weighted by atomic mass is 35.5. The molecule has 2 rings (SSSR count). The summed E-state index contributed by atoms with van der Waals surface area (Å²) in [5.74, 6) is 0. The van der Waals surface area contributed by atoms with Crippen LogP contribution in [0.5, 0.6) is 0 Å². The lowest BCUT2D eigenvalue weighted by Gasteiger charge is -2.34. The van der Waals surface area contributed by atoms with E-state index in [0.29, 0.717) is 23.7 Å². The minimum absolute atomic E-state index is 0. The molecule has 1 N–H and O–H groups in total. The minimum Gasteiger partial charge on any atom is -0.314 e. The topological polar surface area (TPSA) is 15.3 Å². The van der Waals surface area contributed by atoms with Gasteiger partial charge in [-0.15, -0.1) is 24.8 Å². The number of hydrogen-bond acceptors (Lipinski definition) is 2. The first-order valence-corrected chi connectivity index (χ1v) is 6.04. The molecule has 0 radical (unpaired) electrons. The molecule has 1 aliphatic rings. The molecule has 110 valence electrons. The van der Waals surface area contributed by atoms with Gasteiger partial charge in [0, 0.05) is 31.2 Å². The van der Waals surface area contributed by atoms with E-state index in [4.69, 9.17) is 11.6 Å². The maximum Gasteiger partial charge on any atom is 0.258 e. The van der Waals surface area contributed by atoms with Crippen molar-refractivity contribution in [2.75, 3.05) is 26.2 Å². The van der Waals surface area contributed by atoms with Crippen LogP contribution in [-0.2, 0) is 0 Å². The molecule has 0 aliphatic carbocycles. The molecule has 1 heterocycles. The minimum atomic E-state index is -2.38. The van der Waals surface area contributed by atoms with Crippen LogP contribution in [0.3, 0.4) is 0 Å². The van der Waals surface area contributed by atoms with Gasteiger partial charge in [-0.05, 0) is 17.7 Å². The fraction of sp³-hybridized carbons (Fsp3) is 0.500. The Bertz CT molecular complexity index is 356. The fourth-order valence-electron chi connectivity index (χ4n) is 2.14. The van der Waals surface area contributed by atoms with Gasteiger partial charge >= 0.3 is 0 Å². The molecular weight excluding hydrogens is 317 g/mol. The lowest BCUT2D eigenvalue weighted by Crippen LogP contribution is -2.46. The smallest absolute Gasteiger partial charge is 0.258 e. The van der Waals surface area contributed by atoms with E-state index < -0.39 is 12.5 Å². The van der Waals surface area contributed by atoms with Crippen LogP contribution in [0.15, 0.2) is 24.3 Å². The molecule has 2 nitrogen and oxygen atoms in total. The molecule has 0 spiro atoms. The molecule has 1 aromatic carbocycles. The lowest BCUT2D eigenvalue weighted by atomic mass is 10.1. The third-order valence-electron chi connectivity index (χ3n) is 3.00. The van der Waals surface area contributed by atoms with Crippen LogP contribution in [0.1, 0.15) is 11.6 Å². The van der Waals surface area contributed by atoms with Crippen molar-refractivity contribution in [1.29, 1.82) is 0 Å². The van der Waals surface area contributed by atoms with Crippen molar-refractivity contribution >= 4 is 36.4 Å². The van der Waals surface area contributed by atoms with Crippen molar-refractivity contribution in [3.05, 3.63) is 34.9 Å². The molecule has 0 saturated carbocycles. The Morgan fingerprint density at radius 3 is 2.05 bits per heavy atom. The molecule has 0 amide bonds. The van der Waals surface area contributed by atoms with Crippen molar-refractivity contribution in [2.24, 2.45) is 0 Å². The van der Waals surface area contributed by atoms with Gasteiger partial charge in [0.1, 0.15) is 0 Å². The molecule has 1 fully saturated rings. The summed E-state index contributed by atoms with van der Waals surface area (Å²) < 4.78 is 26.3. The van der Waals surface area contributed by atoms with Gasteiger partial charge in [-0.25, -0.2) is 8.78 Å². The summed E-state index contributed by atoms with van der Waals surface area (Å²) in [4.78, 5) is 1.82. The molecule has 1 aliphatic heterocycles. The molecule has 1 atom stereocenters. The summed E-state index contributed by atoms with van der Waals surface area (Å²) in [5.41, 5.74) is 0.631. The highest BCUT2D eigenvalue weighted by Gasteiger charge is 2.29. The maximum atomic E-state index is 13.2. The summed E-state index contributed by atoms with van der Waals surface area (Å²) in [6, 6.07) is 5.86. The highest BCUT2D eigenvalue weighted by molar-refractivity contribution is 6.30. The Morgan fingerprint density at radius 1 is 1.05 bits per heavy atom. The number of alkyl halides is 2. The molecule has 19 heavy (non-hydrogen) atoms. The number of piperazine rings is 1. The van der Waals surface area contributed by atoms with Crippen molar-refractivity contribution < 1.29 is 8.78 Å². The third-order valence-corrected chi connectivity index (χ3v) is 3.25. The van der Waals surface area contributed by atoms with Gasteiger partial charge in [0.2, 0.25) is 0 Å². The number of benzene rings is 1. The van der Waals surface area contributed by atoms with Crippen LogP contribution < -0.4 is 5.32 Å². The van der Waals surface area contributed by atoms with Crippen molar-refractivity contribution in [2.45, 2.75) is 12.5 Å². The van der Waals surface area contributed by atoms with Gasteiger partial charge in [0.05, 0.1) is 6.04 Å². The lowest BCUT2D eigenvalue weighted by molar-refractivity contribution is 0.0182. The normalized spacial score (nSPS) is 17.5. The summed E-state index contributed by atoms with van der Waals surface area (Å²) >= 11 is 5.77. The molecule has 0 bridgehead atoms. The Morgan fingerprint density at radius 2 is 1.58 bits per heavy atom. The Labute approximate surface area is 129 Å². The number of hydrogen-bond donors (Lipinski definition) is 1. The van der Waals surface area contributed by atoms with Gasteiger partial charge < -0.3 is 5.32 Å². The average molecular weight is 334 g/mol. The van der Waals surface area contributed by atoms with Crippen LogP contribution >= 0.6 is 36.4 Å². The molecule has 0 unspecified atom stereocenters. The van der Waals surface area contributed by atoms with E-state index in [-0.39, 0.29) is 24.8 Å². The Hall–Kier alpha value is -0.130. The van der Waals surface area contributed by atoms with Crippen molar-refractivity contribution in [3.8, 4) is 0 Å².